The number of esters is 1. The highest BCUT2D eigenvalue weighted by Crippen LogP contribution is 2.38. The van der Waals surface area contributed by atoms with E-state index in [-0.39, 0.29) is 35.7 Å². The van der Waals surface area contributed by atoms with Gasteiger partial charge >= 0.3 is 5.97 Å². The quantitative estimate of drug-likeness (QED) is 0.335. The highest BCUT2D eigenvalue weighted by molar-refractivity contribution is 5.91. The van der Waals surface area contributed by atoms with Gasteiger partial charge in [-0.05, 0) is 37.8 Å². The third-order valence-electron chi connectivity index (χ3n) is 5.22. The Labute approximate surface area is 168 Å². The Morgan fingerprint density at radius 1 is 1.28 bits per heavy atom. The lowest BCUT2D eigenvalue weighted by Gasteiger charge is -2.30. The number of nitro groups is 1. The molecule has 0 radical (unpaired) electrons. The first-order chi connectivity index (χ1) is 13.8. The van der Waals surface area contributed by atoms with Gasteiger partial charge in [-0.25, -0.2) is 4.79 Å². The zero-order chi connectivity index (χ0) is 21.0. The van der Waals surface area contributed by atoms with Crippen LogP contribution in [0.2, 0.25) is 0 Å². The number of carbonyl (C=O) groups excluding carboxylic acids is 2. The summed E-state index contributed by atoms with van der Waals surface area (Å²) in [6, 6.07) is 2.75. The molecule has 9 nitrogen and oxygen atoms in total. The van der Waals surface area contributed by atoms with Crippen molar-refractivity contribution in [3.63, 3.8) is 0 Å². The smallest absolute Gasteiger partial charge is 0.331 e. The Hall–Kier alpha value is -3.10. The van der Waals surface area contributed by atoms with Gasteiger partial charge in [-0.1, -0.05) is 19.8 Å². The van der Waals surface area contributed by atoms with Crippen LogP contribution in [-0.2, 0) is 14.3 Å². The number of nitro benzene ring substituents is 1. The van der Waals surface area contributed by atoms with Crippen molar-refractivity contribution in [2.45, 2.75) is 51.7 Å². The molecule has 1 aromatic carbocycles. The van der Waals surface area contributed by atoms with Gasteiger partial charge in [-0.3, -0.25) is 14.9 Å². The Bertz CT molecular complexity index is 836. The molecule has 29 heavy (non-hydrogen) atoms. The summed E-state index contributed by atoms with van der Waals surface area (Å²) in [6.45, 7) is 3.58. The van der Waals surface area contributed by atoms with Crippen LogP contribution >= 0.6 is 0 Å². The van der Waals surface area contributed by atoms with Gasteiger partial charge in [0.2, 0.25) is 6.79 Å². The number of carbonyl (C=O) groups is 2. The van der Waals surface area contributed by atoms with Crippen molar-refractivity contribution in [3.05, 3.63) is 33.9 Å². The first-order valence-electron chi connectivity index (χ1n) is 9.62. The second kappa shape index (κ2) is 8.93. The molecular formula is C20H24N2O7. The van der Waals surface area contributed by atoms with E-state index in [2.05, 4.69) is 12.2 Å². The SMILES string of the molecule is C[C@@H](OC(=O)/C=C/c1cc2c(cc1[N+](=O)[O-])OCO2)C(=O)N[C@@H]1CCCC[C@@H]1C. The summed E-state index contributed by atoms with van der Waals surface area (Å²) in [4.78, 5) is 35.1. The van der Waals surface area contributed by atoms with Gasteiger partial charge in [0, 0.05) is 12.1 Å². The van der Waals surface area contributed by atoms with Crippen LogP contribution in [0.25, 0.3) is 6.08 Å². The molecule has 0 unspecified atom stereocenters. The zero-order valence-corrected chi connectivity index (χ0v) is 16.4. The van der Waals surface area contributed by atoms with Crippen LogP contribution in [0.5, 0.6) is 11.5 Å². The zero-order valence-electron chi connectivity index (χ0n) is 16.4. The fourth-order valence-corrected chi connectivity index (χ4v) is 3.49. The van der Waals surface area contributed by atoms with E-state index in [1.54, 1.807) is 0 Å². The van der Waals surface area contributed by atoms with E-state index >= 15 is 0 Å². The number of fused-ring (bicyclic) bond motifs is 1. The van der Waals surface area contributed by atoms with Crippen molar-refractivity contribution in [1.82, 2.24) is 5.32 Å². The maximum atomic E-state index is 12.3. The van der Waals surface area contributed by atoms with Gasteiger partial charge in [-0.15, -0.1) is 0 Å². The standard InChI is InChI=1S/C20H24N2O7/c1-12-5-3-4-6-15(12)21-20(24)13(2)29-19(23)8-7-14-9-17-18(28-11-27-17)10-16(14)22(25)26/h7-10,12-13,15H,3-6,11H2,1-2H3,(H,21,24)/b8-7+/t12-,13+,15+/m0/s1. The van der Waals surface area contributed by atoms with Crippen molar-refractivity contribution >= 4 is 23.6 Å². The van der Waals surface area contributed by atoms with Crippen LogP contribution in [0.4, 0.5) is 5.69 Å². The van der Waals surface area contributed by atoms with E-state index < -0.39 is 17.0 Å². The van der Waals surface area contributed by atoms with Crippen molar-refractivity contribution in [3.8, 4) is 11.5 Å². The predicted octanol–water partition coefficient (Wildman–Crippen LogP) is 2.96. The molecule has 1 amide bonds. The average molecular weight is 404 g/mol. The lowest BCUT2D eigenvalue weighted by Crippen LogP contribution is -2.45. The van der Waals surface area contributed by atoms with Gasteiger partial charge in [0.05, 0.1) is 16.6 Å². The first-order valence-corrected chi connectivity index (χ1v) is 9.62. The molecule has 3 rings (SSSR count). The maximum Gasteiger partial charge on any atom is 0.331 e. The van der Waals surface area contributed by atoms with Crippen LogP contribution in [0.15, 0.2) is 18.2 Å². The molecule has 1 fully saturated rings. The van der Waals surface area contributed by atoms with E-state index in [4.69, 9.17) is 14.2 Å². The summed E-state index contributed by atoms with van der Waals surface area (Å²) < 4.78 is 15.5. The molecule has 1 aromatic rings. The fraction of sp³-hybridized carbons (Fsp3) is 0.500. The summed E-state index contributed by atoms with van der Waals surface area (Å²) in [5.74, 6) is -0.0884. The summed E-state index contributed by atoms with van der Waals surface area (Å²) in [5.41, 5.74) is -0.0558. The third-order valence-corrected chi connectivity index (χ3v) is 5.22. The topological polar surface area (TPSA) is 117 Å². The highest BCUT2D eigenvalue weighted by Gasteiger charge is 2.26. The highest BCUT2D eigenvalue weighted by atomic mass is 16.7. The molecular weight excluding hydrogens is 380 g/mol. The second-order valence-electron chi connectivity index (χ2n) is 7.31. The predicted molar refractivity (Wildman–Crippen MR) is 103 cm³/mol. The minimum atomic E-state index is -0.965. The summed E-state index contributed by atoms with van der Waals surface area (Å²) in [6.07, 6.45) is 5.56. The van der Waals surface area contributed by atoms with Crippen molar-refractivity contribution in [2.24, 2.45) is 5.92 Å². The Morgan fingerprint density at radius 2 is 1.97 bits per heavy atom. The van der Waals surface area contributed by atoms with Crippen molar-refractivity contribution < 1.29 is 28.7 Å². The lowest BCUT2D eigenvalue weighted by atomic mass is 9.86. The molecule has 0 bridgehead atoms. The van der Waals surface area contributed by atoms with Gasteiger partial charge < -0.3 is 19.5 Å². The number of rotatable bonds is 6. The van der Waals surface area contributed by atoms with Gasteiger partial charge in [0.1, 0.15) is 0 Å². The van der Waals surface area contributed by atoms with E-state index in [9.17, 15) is 19.7 Å². The molecule has 2 aliphatic rings. The van der Waals surface area contributed by atoms with Crippen LogP contribution in [0, 0.1) is 16.0 Å². The molecule has 9 heteroatoms. The molecule has 156 valence electrons. The number of nitrogens with one attached hydrogen (secondary N) is 1. The van der Waals surface area contributed by atoms with Crippen LogP contribution in [0.3, 0.4) is 0 Å². The number of amides is 1. The molecule has 1 aliphatic heterocycles. The molecule has 1 heterocycles. The minimum Gasteiger partial charge on any atom is -0.454 e. The molecule has 0 saturated heterocycles. The fourth-order valence-electron chi connectivity index (χ4n) is 3.49. The summed E-state index contributed by atoms with van der Waals surface area (Å²) in [5, 5.41) is 14.2. The number of hydrogen-bond acceptors (Lipinski definition) is 7. The van der Waals surface area contributed by atoms with Crippen LogP contribution < -0.4 is 14.8 Å². The molecule has 1 N–H and O–H groups in total. The number of ether oxygens (including phenoxy) is 3. The van der Waals surface area contributed by atoms with E-state index in [0.29, 0.717) is 11.7 Å². The van der Waals surface area contributed by atoms with Gasteiger partial charge in [0.15, 0.2) is 17.6 Å². The lowest BCUT2D eigenvalue weighted by molar-refractivity contribution is -0.385. The van der Waals surface area contributed by atoms with E-state index in [1.807, 2.05) is 0 Å². The number of hydrogen-bond donors (Lipinski definition) is 1. The molecule has 0 spiro atoms. The van der Waals surface area contributed by atoms with Gasteiger partial charge in [0.25, 0.3) is 11.6 Å². The molecule has 0 aromatic heterocycles. The van der Waals surface area contributed by atoms with E-state index in [1.165, 1.54) is 25.1 Å². The Kier molecular flexibility index (Phi) is 6.36. The number of nitrogens with zero attached hydrogens (tertiary/aromatic N) is 1. The largest absolute Gasteiger partial charge is 0.454 e. The summed E-state index contributed by atoms with van der Waals surface area (Å²) in [7, 11) is 0. The van der Waals surface area contributed by atoms with Crippen molar-refractivity contribution in [1.29, 1.82) is 0 Å². The van der Waals surface area contributed by atoms with E-state index in [0.717, 1.165) is 31.8 Å². The molecule has 1 saturated carbocycles. The molecule has 3 atom stereocenters. The summed E-state index contributed by atoms with van der Waals surface area (Å²) >= 11 is 0. The van der Waals surface area contributed by atoms with Crippen LogP contribution in [-0.4, -0.2) is 35.7 Å². The third kappa shape index (κ3) is 5.04. The number of benzene rings is 1. The normalized spacial score (nSPS) is 21.6. The Morgan fingerprint density at radius 3 is 2.66 bits per heavy atom. The van der Waals surface area contributed by atoms with Crippen molar-refractivity contribution in [2.75, 3.05) is 6.79 Å². The minimum absolute atomic E-state index is 0.0199. The first kappa shape index (κ1) is 20.6. The molecule has 1 aliphatic carbocycles. The monoisotopic (exact) mass is 404 g/mol. The Balaban J connectivity index is 1.60. The van der Waals surface area contributed by atoms with Gasteiger partial charge in [-0.2, -0.15) is 0 Å². The second-order valence-corrected chi connectivity index (χ2v) is 7.31. The maximum absolute atomic E-state index is 12.3. The average Bonchev–Trinajstić information content (AvgIpc) is 3.14. The van der Waals surface area contributed by atoms with Crippen LogP contribution in [0.1, 0.15) is 45.1 Å².